The van der Waals surface area contributed by atoms with Crippen LogP contribution in [0.2, 0.25) is 0 Å². The molecule has 4 aliphatic carbocycles. The minimum atomic E-state index is -0.182. The molecule has 0 amide bonds. The van der Waals surface area contributed by atoms with Gasteiger partial charge in [0.25, 0.3) is 0 Å². The number of hydrogen-bond donors (Lipinski definition) is 0. The van der Waals surface area contributed by atoms with Gasteiger partial charge in [0, 0.05) is 25.7 Å². The molecule has 0 saturated heterocycles. The van der Waals surface area contributed by atoms with E-state index in [2.05, 4.69) is 20.8 Å². The monoisotopic (exact) mass is 446 g/mol. The molecule has 0 spiro atoms. The number of esters is 2. The molecule has 0 bridgehead atoms. The minimum Gasteiger partial charge on any atom is -0.463 e. The van der Waals surface area contributed by atoms with Crippen LogP contribution in [-0.4, -0.2) is 30.4 Å². The van der Waals surface area contributed by atoms with E-state index >= 15 is 0 Å². The molecule has 180 valence electrons. The molecular weight excluding hydrogens is 404 g/mol. The van der Waals surface area contributed by atoms with Crippen molar-refractivity contribution in [3.63, 3.8) is 0 Å². The van der Waals surface area contributed by atoms with Crippen molar-refractivity contribution >= 4 is 18.2 Å². The van der Waals surface area contributed by atoms with Crippen molar-refractivity contribution in [3.05, 3.63) is 0 Å². The van der Waals surface area contributed by atoms with Crippen LogP contribution in [0.15, 0.2) is 0 Å². The van der Waals surface area contributed by atoms with Gasteiger partial charge >= 0.3 is 11.9 Å². The van der Waals surface area contributed by atoms with Crippen molar-refractivity contribution in [1.82, 2.24) is 0 Å². The van der Waals surface area contributed by atoms with Gasteiger partial charge in [-0.3, -0.25) is 9.59 Å². The molecular formula is C27H42O5. The van der Waals surface area contributed by atoms with Gasteiger partial charge in [-0.15, -0.1) is 0 Å². The Morgan fingerprint density at radius 3 is 2.34 bits per heavy atom. The lowest BCUT2D eigenvalue weighted by molar-refractivity contribution is -0.197. The Labute approximate surface area is 193 Å². The van der Waals surface area contributed by atoms with Crippen molar-refractivity contribution in [3.8, 4) is 0 Å². The SMILES string of the molecule is CC(=O)O[C@@H]1CC[C@@]2(C)[C@H](CC[C@@H]3[C@@H]2C[C@H](OC(C)=O)[C@]2(C)[C@@H]([C@H](C)CC=O)CC[C@@H]32)C1. The van der Waals surface area contributed by atoms with Crippen molar-refractivity contribution in [2.75, 3.05) is 0 Å². The highest BCUT2D eigenvalue weighted by atomic mass is 16.5. The summed E-state index contributed by atoms with van der Waals surface area (Å²) in [6, 6.07) is 0. The Kier molecular flexibility index (Phi) is 6.50. The summed E-state index contributed by atoms with van der Waals surface area (Å²) in [5.41, 5.74) is 0.166. The first-order chi connectivity index (χ1) is 15.1. The molecule has 0 heterocycles. The molecule has 5 heteroatoms. The Morgan fingerprint density at radius 1 is 0.969 bits per heavy atom. The van der Waals surface area contributed by atoms with Crippen molar-refractivity contribution in [2.45, 2.75) is 105 Å². The van der Waals surface area contributed by atoms with Gasteiger partial charge in [0.2, 0.25) is 0 Å². The highest BCUT2D eigenvalue weighted by Gasteiger charge is 2.65. The van der Waals surface area contributed by atoms with Gasteiger partial charge in [-0.05, 0) is 92.3 Å². The first kappa shape index (κ1) is 23.8. The summed E-state index contributed by atoms with van der Waals surface area (Å²) < 4.78 is 11.7. The normalized spacial score (nSPS) is 46.2. The van der Waals surface area contributed by atoms with Gasteiger partial charge in [0.15, 0.2) is 0 Å². The summed E-state index contributed by atoms with van der Waals surface area (Å²) in [7, 11) is 0. The van der Waals surface area contributed by atoms with E-state index in [1.807, 2.05) is 0 Å². The van der Waals surface area contributed by atoms with Gasteiger partial charge in [-0.2, -0.15) is 0 Å². The first-order valence-corrected chi connectivity index (χ1v) is 12.9. The van der Waals surface area contributed by atoms with E-state index in [1.165, 1.54) is 26.2 Å². The van der Waals surface area contributed by atoms with E-state index in [0.717, 1.165) is 38.4 Å². The molecule has 5 nitrogen and oxygen atoms in total. The van der Waals surface area contributed by atoms with Crippen molar-refractivity contribution in [1.29, 1.82) is 0 Å². The average Bonchev–Trinajstić information content (AvgIpc) is 3.07. The summed E-state index contributed by atoms with van der Waals surface area (Å²) in [5.74, 6) is 2.71. The lowest BCUT2D eigenvalue weighted by Crippen LogP contribution is -2.59. The van der Waals surface area contributed by atoms with E-state index in [9.17, 15) is 14.4 Å². The second kappa shape index (κ2) is 8.76. The van der Waals surface area contributed by atoms with Crippen LogP contribution in [0.25, 0.3) is 0 Å². The van der Waals surface area contributed by atoms with Crippen LogP contribution < -0.4 is 0 Å². The number of hydrogen-bond acceptors (Lipinski definition) is 5. The Balaban J connectivity index is 1.63. The van der Waals surface area contributed by atoms with Crippen LogP contribution in [0.5, 0.6) is 0 Å². The minimum absolute atomic E-state index is 0.0482. The second-order valence-electron chi connectivity index (χ2n) is 11.9. The molecule has 4 aliphatic rings. The van der Waals surface area contributed by atoms with Crippen LogP contribution in [0.3, 0.4) is 0 Å². The zero-order valence-corrected chi connectivity index (χ0v) is 20.6. The molecule has 0 aromatic carbocycles. The molecule has 4 fully saturated rings. The first-order valence-electron chi connectivity index (χ1n) is 12.9. The molecule has 4 saturated carbocycles. The Hall–Kier alpha value is -1.39. The van der Waals surface area contributed by atoms with E-state index in [0.29, 0.717) is 41.9 Å². The fourth-order valence-corrected chi connectivity index (χ4v) is 9.15. The van der Waals surface area contributed by atoms with Gasteiger partial charge < -0.3 is 14.3 Å². The van der Waals surface area contributed by atoms with Crippen LogP contribution in [0.4, 0.5) is 0 Å². The number of rotatable bonds is 5. The van der Waals surface area contributed by atoms with E-state index in [4.69, 9.17) is 9.47 Å². The zero-order valence-electron chi connectivity index (χ0n) is 20.6. The average molecular weight is 447 g/mol. The van der Waals surface area contributed by atoms with Crippen LogP contribution >= 0.6 is 0 Å². The molecule has 4 rings (SSSR count). The lowest BCUT2D eigenvalue weighted by Gasteiger charge is -2.62. The summed E-state index contributed by atoms with van der Waals surface area (Å²) in [6.45, 7) is 10.1. The van der Waals surface area contributed by atoms with Crippen molar-refractivity contribution < 1.29 is 23.9 Å². The molecule has 0 N–H and O–H groups in total. The third kappa shape index (κ3) is 3.81. The summed E-state index contributed by atoms with van der Waals surface area (Å²) >= 11 is 0. The van der Waals surface area contributed by atoms with Crippen molar-refractivity contribution in [2.24, 2.45) is 46.3 Å². The highest BCUT2D eigenvalue weighted by Crippen LogP contribution is 2.69. The molecule has 0 aromatic heterocycles. The molecule has 10 atom stereocenters. The van der Waals surface area contributed by atoms with Crippen LogP contribution in [0, 0.1) is 46.3 Å². The summed E-state index contributed by atoms with van der Waals surface area (Å²) in [4.78, 5) is 35.0. The molecule has 0 aliphatic heterocycles. The second-order valence-corrected chi connectivity index (χ2v) is 11.9. The van der Waals surface area contributed by atoms with Crippen LogP contribution in [0.1, 0.15) is 92.4 Å². The predicted molar refractivity (Wildman–Crippen MR) is 122 cm³/mol. The number of carbonyl (C=O) groups excluding carboxylic acids is 3. The Morgan fingerprint density at radius 2 is 1.69 bits per heavy atom. The van der Waals surface area contributed by atoms with Crippen LogP contribution in [-0.2, 0) is 23.9 Å². The highest BCUT2D eigenvalue weighted by molar-refractivity contribution is 5.66. The topological polar surface area (TPSA) is 69.7 Å². The number of ether oxygens (including phenoxy) is 2. The predicted octanol–water partition coefficient (Wildman–Crippen LogP) is 5.34. The van der Waals surface area contributed by atoms with Gasteiger partial charge in [0.05, 0.1) is 0 Å². The van der Waals surface area contributed by atoms with E-state index in [1.54, 1.807) is 6.92 Å². The molecule has 0 aromatic rings. The lowest BCUT2D eigenvalue weighted by atomic mass is 9.43. The molecule has 0 radical (unpaired) electrons. The third-order valence-corrected chi connectivity index (χ3v) is 10.6. The molecule has 32 heavy (non-hydrogen) atoms. The quantitative estimate of drug-likeness (QED) is 0.421. The summed E-state index contributed by atoms with van der Waals surface area (Å²) in [6.07, 6.45) is 10.3. The number of aldehydes is 1. The maximum atomic E-state index is 12.2. The standard InChI is InChI=1S/C27H42O5/c1-16(11-13-28)22-8-9-23-21-7-6-19-14-20(31-17(2)29)10-12-26(19,4)24(21)15-25(27(22,23)5)32-18(3)30/h13,16,19-25H,6-12,14-15H2,1-5H3/t16-,19-,20-,21+,22-,23+,24+,25+,26+,27-/m1/s1. The van der Waals surface area contributed by atoms with Gasteiger partial charge in [-0.1, -0.05) is 20.8 Å². The smallest absolute Gasteiger partial charge is 0.302 e. The number of fused-ring (bicyclic) bond motifs is 5. The number of carbonyl (C=O) groups is 3. The van der Waals surface area contributed by atoms with Gasteiger partial charge in [-0.25, -0.2) is 0 Å². The largest absolute Gasteiger partial charge is 0.463 e. The Bertz CT molecular complexity index is 748. The zero-order chi connectivity index (χ0) is 23.3. The summed E-state index contributed by atoms with van der Waals surface area (Å²) in [5, 5.41) is 0. The third-order valence-electron chi connectivity index (χ3n) is 10.6. The maximum absolute atomic E-state index is 12.2. The van der Waals surface area contributed by atoms with E-state index < -0.39 is 0 Å². The van der Waals surface area contributed by atoms with Gasteiger partial charge in [0.1, 0.15) is 18.5 Å². The fourth-order valence-electron chi connectivity index (χ4n) is 9.15. The molecule has 0 unspecified atom stereocenters. The fraction of sp³-hybridized carbons (Fsp3) is 0.889. The maximum Gasteiger partial charge on any atom is 0.302 e. The van der Waals surface area contributed by atoms with E-state index in [-0.39, 0.29) is 35.0 Å².